The molecule has 0 aromatic carbocycles. The van der Waals surface area contributed by atoms with E-state index in [0.29, 0.717) is 11.7 Å². The van der Waals surface area contributed by atoms with Crippen LogP contribution in [0.1, 0.15) is 37.7 Å². The number of nitrogens with one attached hydrogen (secondary N) is 4. The van der Waals surface area contributed by atoms with E-state index in [4.69, 9.17) is 17.0 Å². The van der Waals surface area contributed by atoms with Crippen molar-refractivity contribution >= 4 is 46.5 Å². The molecule has 0 bridgehead atoms. The molecule has 0 spiro atoms. The second-order valence-electron chi connectivity index (χ2n) is 5.96. The van der Waals surface area contributed by atoms with Gasteiger partial charge in [0.05, 0.1) is 17.8 Å². The van der Waals surface area contributed by atoms with Crippen LogP contribution in [-0.4, -0.2) is 60.4 Å². The Labute approximate surface area is 185 Å². The predicted molar refractivity (Wildman–Crippen MR) is 131 cm³/mol. The number of ether oxygens (including phenoxy) is 1. The molecule has 1 rings (SSSR count). The maximum atomic E-state index is 5.19. The van der Waals surface area contributed by atoms with Crippen molar-refractivity contribution in [3.8, 4) is 0 Å². The summed E-state index contributed by atoms with van der Waals surface area (Å²) in [5, 5.41) is 15.0. The van der Waals surface area contributed by atoms with Crippen LogP contribution in [0.3, 0.4) is 0 Å². The quantitative estimate of drug-likeness (QED) is 0.251. The molecular weight excluding hydrogens is 406 g/mol. The zero-order valence-corrected chi connectivity index (χ0v) is 20.2. The Morgan fingerprint density at radius 1 is 1.24 bits per heavy atom. The Bertz CT molecular complexity index is 699. The summed E-state index contributed by atoms with van der Waals surface area (Å²) in [6.45, 7) is 13.2. The van der Waals surface area contributed by atoms with Crippen molar-refractivity contribution in [1.29, 1.82) is 0 Å². The van der Waals surface area contributed by atoms with Gasteiger partial charge in [-0.25, -0.2) is 0 Å². The van der Waals surface area contributed by atoms with Crippen LogP contribution in [0.25, 0.3) is 0 Å². The fourth-order valence-corrected chi connectivity index (χ4v) is 2.84. The summed E-state index contributed by atoms with van der Waals surface area (Å²) in [6, 6.07) is 2.11. The highest BCUT2D eigenvalue weighted by atomic mass is 32.1. The molecule has 0 amide bonds. The Balaban J connectivity index is 0.00000139. The van der Waals surface area contributed by atoms with Gasteiger partial charge in [-0.1, -0.05) is 12.2 Å². The average molecular weight is 442 g/mol. The zero-order valence-electron chi connectivity index (χ0n) is 18.5. The molecule has 0 fully saturated rings. The van der Waals surface area contributed by atoms with E-state index in [0.717, 1.165) is 48.0 Å². The highest BCUT2D eigenvalue weighted by Crippen LogP contribution is 2.17. The normalized spacial score (nSPS) is 11.3. The highest BCUT2D eigenvalue weighted by molar-refractivity contribution is 7.80. The van der Waals surface area contributed by atoms with Gasteiger partial charge >= 0.3 is 0 Å². The summed E-state index contributed by atoms with van der Waals surface area (Å²) in [4.78, 5) is 0. The first-order valence-electron chi connectivity index (χ1n) is 9.53. The lowest BCUT2D eigenvalue weighted by molar-refractivity contribution is 0.186. The third-order valence-corrected chi connectivity index (χ3v) is 4.27. The summed E-state index contributed by atoms with van der Waals surface area (Å²) in [5.41, 5.74) is 12.1. The third-order valence-electron chi connectivity index (χ3n) is 3.86. The number of methoxy groups -OCH3 is 1. The largest absolute Gasteiger partial charge is 0.383 e. The van der Waals surface area contributed by atoms with E-state index in [2.05, 4.69) is 68.4 Å². The number of hydrogen-bond acceptors (Lipinski definition) is 6. The van der Waals surface area contributed by atoms with Gasteiger partial charge in [0.1, 0.15) is 5.71 Å². The van der Waals surface area contributed by atoms with Crippen molar-refractivity contribution in [1.82, 2.24) is 26.1 Å². The van der Waals surface area contributed by atoms with Crippen molar-refractivity contribution in [2.24, 2.45) is 10.2 Å². The zero-order chi connectivity index (χ0) is 22.2. The molecule has 29 heavy (non-hydrogen) atoms. The average Bonchev–Trinajstić information content (AvgIpc) is 2.97. The molecule has 0 saturated heterocycles. The topological polar surface area (TPSA) is 87.0 Å². The van der Waals surface area contributed by atoms with E-state index >= 15 is 0 Å². The van der Waals surface area contributed by atoms with E-state index in [1.54, 1.807) is 14.2 Å². The molecule has 10 heteroatoms. The van der Waals surface area contributed by atoms with E-state index < -0.39 is 0 Å². The maximum Gasteiger partial charge on any atom is 0.186 e. The molecule has 0 atom stereocenters. The molecule has 4 N–H and O–H groups in total. The van der Waals surface area contributed by atoms with Gasteiger partial charge in [-0.15, -0.1) is 0 Å². The predicted octanol–water partition coefficient (Wildman–Crippen LogP) is 2.09. The summed E-state index contributed by atoms with van der Waals surface area (Å²) < 4.78 is 7.41. The van der Waals surface area contributed by atoms with Crippen molar-refractivity contribution in [3.05, 3.63) is 23.0 Å². The van der Waals surface area contributed by atoms with E-state index in [1.807, 2.05) is 20.8 Å². The lowest BCUT2D eigenvalue weighted by atomic mass is 10.1. The van der Waals surface area contributed by atoms with Crippen LogP contribution in [0.15, 0.2) is 16.3 Å². The Kier molecular flexibility index (Phi) is 14.7. The van der Waals surface area contributed by atoms with Crippen molar-refractivity contribution in [2.75, 3.05) is 33.9 Å². The molecule has 0 unspecified atom stereocenters. The number of hydrogen-bond donors (Lipinski definition) is 4. The molecule has 164 valence electrons. The number of aromatic nitrogens is 1. The first-order valence-corrected chi connectivity index (χ1v) is 10.4. The van der Waals surface area contributed by atoms with E-state index in [9.17, 15) is 0 Å². The van der Waals surface area contributed by atoms with Gasteiger partial charge in [0.2, 0.25) is 0 Å². The number of rotatable bonds is 10. The summed E-state index contributed by atoms with van der Waals surface area (Å²) in [6.07, 6.45) is 0. The molecule has 0 aliphatic heterocycles. The minimum atomic E-state index is 0.492. The lowest BCUT2D eigenvalue weighted by Crippen LogP contribution is -2.33. The smallest absolute Gasteiger partial charge is 0.186 e. The van der Waals surface area contributed by atoms with Gasteiger partial charge < -0.3 is 25.4 Å². The van der Waals surface area contributed by atoms with Crippen molar-refractivity contribution < 1.29 is 4.74 Å². The Morgan fingerprint density at radius 2 is 1.93 bits per heavy atom. The summed E-state index contributed by atoms with van der Waals surface area (Å²) in [7, 11) is 3.48. The Hall–Kier alpha value is -2.04. The SMILES string of the molecule is CCNC(=S)N/N=C(C)/C(=N/NC)c1cc(C)n(CCOC)c1C.CCNC=S. The second kappa shape index (κ2) is 15.8. The van der Waals surface area contributed by atoms with Crippen LogP contribution >= 0.6 is 24.4 Å². The maximum absolute atomic E-state index is 5.19. The standard InChI is InChI=1S/C16H28N6OS.C3H7NS/c1-7-18-16(24)21-19-12(3)15(20-17-5)14-10-11(2)22(13(14)4)8-9-23-6;1-2-4-3-5/h10,17H,7-9H2,1-6H3,(H2,18,21,24);3H,2H2,1H3,(H,4,5)/b19-12+,20-15-;. The molecule has 0 saturated carbocycles. The van der Waals surface area contributed by atoms with Crippen LogP contribution in [-0.2, 0) is 11.3 Å². The molecule has 0 radical (unpaired) electrons. The first kappa shape index (κ1) is 27.0. The second-order valence-corrected chi connectivity index (χ2v) is 6.60. The number of aryl methyl sites for hydroxylation is 1. The summed E-state index contributed by atoms with van der Waals surface area (Å²) in [5.74, 6) is 0. The highest BCUT2D eigenvalue weighted by Gasteiger charge is 2.16. The Morgan fingerprint density at radius 3 is 2.41 bits per heavy atom. The van der Waals surface area contributed by atoms with E-state index in [1.165, 1.54) is 5.49 Å². The van der Waals surface area contributed by atoms with Crippen molar-refractivity contribution in [2.45, 2.75) is 41.2 Å². The molecular formula is C19H35N7OS2. The fraction of sp³-hybridized carbons (Fsp3) is 0.579. The van der Waals surface area contributed by atoms with Crippen LogP contribution in [0, 0.1) is 13.8 Å². The van der Waals surface area contributed by atoms with Gasteiger partial charge in [0.25, 0.3) is 0 Å². The fourth-order valence-electron chi connectivity index (χ4n) is 2.49. The van der Waals surface area contributed by atoms with Crippen LogP contribution < -0.4 is 21.5 Å². The van der Waals surface area contributed by atoms with Gasteiger partial charge in [0, 0.05) is 50.7 Å². The van der Waals surface area contributed by atoms with Gasteiger partial charge in [-0.3, -0.25) is 5.43 Å². The molecule has 1 aromatic heterocycles. The number of nitrogens with zero attached hydrogens (tertiary/aromatic N) is 3. The van der Waals surface area contributed by atoms with Gasteiger partial charge in [-0.2, -0.15) is 10.2 Å². The van der Waals surface area contributed by atoms with Gasteiger partial charge in [0.15, 0.2) is 5.11 Å². The molecule has 8 nitrogen and oxygen atoms in total. The minimum Gasteiger partial charge on any atom is -0.383 e. The first-order chi connectivity index (χ1) is 13.9. The number of thiocarbonyl (C=S) groups is 2. The molecule has 1 aromatic rings. The minimum absolute atomic E-state index is 0.492. The van der Waals surface area contributed by atoms with Gasteiger partial charge in [-0.05, 0) is 52.9 Å². The lowest BCUT2D eigenvalue weighted by Gasteiger charge is -2.11. The molecule has 0 aliphatic carbocycles. The van der Waals surface area contributed by atoms with Crippen LogP contribution in [0.4, 0.5) is 0 Å². The monoisotopic (exact) mass is 441 g/mol. The molecule has 1 heterocycles. The third kappa shape index (κ3) is 9.82. The van der Waals surface area contributed by atoms with Crippen molar-refractivity contribution in [3.63, 3.8) is 0 Å². The molecule has 0 aliphatic rings. The number of hydrazone groups is 2. The van der Waals surface area contributed by atoms with E-state index in [-0.39, 0.29) is 0 Å². The van der Waals surface area contributed by atoms with Crippen LogP contribution in [0.5, 0.6) is 0 Å². The van der Waals surface area contributed by atoms with Crippen LogP contribution in [0.2, 0.25) is 0 Å². The summed E-state index contributed by atoms with van der Waals surface area (Å²) >= 11 is 9.55.